The first-order valence-corrected chi connectivity index (χ1v) is 3.53. The Morgan fingerprint density at radius 2 is 2.27 bits per heavy atom. The van der Waals surface area contributed by atoms with E-state index < -0.39 is 0 Å². The van der Waals surface area contributed by atoms with E-state index in [4.69, 9.17) is 0 Å². The molecule has 1 N–H and O–H groups in total. The minimum Gasteiger partial charge on any atom is -0.508 e. The first-order chi connectivity index (χ1) is 5.20. The molecule has 0 aliphatic rings. The smallest absolute Gasteiger partial charge is 0.120 e. The fourth-order valence-electron chi connectivity index (χ4n) is 0.928. The van der Waals surface area contributed by atoms with E-state index in [0.717, 1.165) is 12.1 Å². The van der Waals surface area contributed by atoms with Crippen LogP contribution in [0, 0.1) is 6.07 Å². The van der Waals surface area contributed by atoms with Gasteiger partial charge in [0.2, 0.25) is 0 Å². The molecule has 0 bridgehead atoms. The molecule has 2 nitrogen and oxygen atoms in total. The predicted molar refractivity (Wildman–Crippen MR) is 44.3 cm³/mol. The number of benzene rings is 1. The molecule has 59 valence electrons. The molecule has 1 rings (SSSR count). The van der Waals surface area contributed by atoms with Crippen molar-refractivity contribution in [3.8, 4) is 5.75 Å². The lowest BCUT2D eigenvalue weighted by Gasteiger charge is -2.09. The fourth-order valence-corrected chi connectivity index (χ4v) is 0.928. The average molecular weight is 150 g/mol. The van der Waals surface area contributed by atoms with Crippen molar-refractivity contribution in [3.05, 3.63) is 29.8 Å². The van der Waals surface area contributed by atoms with Gasteiger partial charge in [-0.05, 0) is 26.2 Å². The molecule has 0 aromatic heterocycles. The lowest BCUT2D eigenvalue weighted by atomic mass is 10.2. The van der Waals surface area contributed by atoms with Crippen molar-refractivity contribution in [1.29, 1.82) is 0 Å². The van der Waals surface area contributed by atoms with E-state index in [1.807, 2.05) is 25.1 Å². The van der Waals surface area contributed by atoms with Gasteiger partial charge in [-0.1, -0.05) is 12.1 Å². The van der Waals surface area contributed by atoms with Crippen LogP contribution in [0.3, 0.4) is 0 Å². The van der Waals surface area contributed by atoms with Gasteiger partial charge in [0.15, 0.2) is 0 Å². The quantitative estimate of drug-likeness (QED) is 0.686. The molecular weight excluding hydrogens is 138 g/mol. The van der Waals surface area contributed by atoms with Gasteiger partial charge in [0.25, 0.3) is 0 Å². The molecular formula is C9H12NO. The fraction of sp³-hybridized carbons (Fsp3) is 0.333. The van der Waals surface area contributed by atoms with Gasteiger partial charge in [-0.2, -0.15) is 0 Å². The molecule has 0 aliphatic heterocycles. The largest absolute Gasteiger partial charge is 0.508 e. The van der Waals surface area contributed by atoms with Crippen LogP contribution in [0.1, 0.15) is 5.56 Å². The zero-order chi connectivity index (χ0) is 8.27. The van der Waals surface area contributed by atoms with E-state index in [-0.39, 0.29) is 0 Å². The SMILES string of the molecule is CN(C)Cc1cc[c]cc1O. The molecule has 0 amide bonds. The van der Waals surface area contributed by atoms with Crippen LogP contribution in [0.25, 0.3) is 0 Å². The first kappa shape index (κ1) is 8.08. The number of phenols is 1. The summed E-state index contributed by atoms with van der Waals surface area (Å²) in [5, 5.41) is 9.30. The van der Waals surface area contributed by atoms with Gasteiger partial charge in [0, 0.05) is 12.1 Å². The summed E-state index contributed by atoms with van der Waals surface area (Å²) in [5.74, 6) is 0.321. The Balaban J connectivity index is 2.78. The molecule has 0 saturated carbocycles. The van der Waals surface area contributed by atoms with E-state index in [1.165, 1.54) is 0 Å². The topological polar surface area (TPSA) is 23.5 Å². The van der Waals surface area contributed by atoms with E-state index >= 15 is 0 Å². The third kappa shape index (κ3) is 2.24. The Labute approximate surface area is 67.1 Å². The highest BCUT2D eigenvalue weighted by Crippen LogP contribution is 2.15. The lowest BCUT2D eigenvalue weighted by Crippen LogP contribution is -2.10. The maximum atomic E-state index is 9.30. The number of phenolic OH excluding ortho intramolecular Hbond substituents is 1. The summed E-state index contributed by atoms with van der Waals surface area (Å²) >= 11 is 0. The molecule has 1 radical (unpaired) electrons. The molecule has 2 heteroatoms. The minimum absolute atomic E-state index is 0.321. The second kappa shape index (κ2) is 3.39. The van der Waals surface area contributed by atoms with Crippen molar-refractivity contribution in [1.82, 2.24) is 4.90 Å². The van der Waals surface area contributed by atoms with Crippen molar-refractivity contribution in [2.45, 2.75) is 6.54 Å². The van der Waals surface area contributed by atoms with Gasteiger partial charge in [-0.15, -0.1) is 0 Å². The van der Waals surface area contributed by atoms with Crippen LogP contribution >= 0.6 is 0 Å². The van der Waals surface area contributed by atoms with Crippen LogP contribution in [-0.2, 0) is 6.54 Å². The molecule has 0 saturated heterocycles. The van der Waals surface area contributed by atoms with E-state index in [9.17, 15) is 5.11 Å². The van der Waals surface area contributed by atoms with Gasteiger partial charge in [0.1, 0.15) is 5.75 Å². The van der Waals surface area contributed by atoms with Crippen molar-refractivity contribution < 1.29 is 5.11 Å². The maximum absolute atomic E-state index is 9.30. The Morgan fingerprint density at radius 1 is 1.55 bits per heavy atom. The molecule has 0 atom stereocenters. The highest BCUT2D eigenvalue weighted by atomic mass is 16.3. The lowest BCUT2D eigenvalue weighted by molar-refractivity contribution is 0.386. The molecule has 0 heterocycles. The molecule has 0 unspecified atom stereocenters. The van der Waals surface area contributed by atoms with Crippen LogP contribution in [-0.4, -0.2) is 24.1 Å². The highest BCUT2D eigenvalue weighted by Gasteiger charge is 1.99. The second-order valence-corrected chi connectivity index (χ2v) is 2.79. The van der Waals surface area contributed by atoms with Gasteiger partial charge < -0.3 is 10.0 Å². The summed E-state index contributed by atoms with van der Waals surface area (Å²) in [4.78, 5) is 2.01. The molecule has 1 aromatic carbocycles. The number of rotatable bonds is 2. The molecule has 1 aromatic rings. The van der Waals surface area contributed by atoms with Gasteiger partial charge in [-0.25, -0.2) is 0 Å². The second-order valence-electron chi connectivity index (χ2n) is 2.79. The molecule has 11 heavy (non-hydrogen) atoms. The van der Waals surface area contributed by atoms with Crippen molar-refractivity contribution in [2.75, 3.05) is 14.1 Å². The van der Waals surface area contributed by atoms with Gasteiger partial charge in [-0.3, -0.25) is 0 Å². The number of nitrogens with zero attached hydrogens (tertiary/aromatic N) is 1. The van der Waals surface area contributed by atoms with Gasteiger partial charge in [0.05, 0.1) is 0 Å². The van der Waals surface area contributed by atoms with Crippen LogP contribution in [0.15, 0.2) is 18.2 Å². The maximum Gasteiger partial charge on any atom is 0.120 e. The number of hydrogen-bond acceptors (Lipinski definition) is 2. The Bertz CT molecular complexity index is 233. The average Bonchev–Trinajstić information content (AvgIpc) is 1.93. The summed E-state index contributed by atoms with van der Waals surface area (Å²) < 4.78 is 0. The first-order valence-electron chi connectivity index (χ1n) is 3.53. The van der Waals surface area contributed by atoms with Crippen LogP contribution in [0.5, 0.6) is 5.75 Å². The van der Waals surface area contributed by atoms with Crippen molar-refractivity contribution in [3.63, 3.8) is 0 Å². The summed E-state index contributed by atoms with van der Waals surface area (Å²) in [7, 11) is 3.94. The molecule has 0 fully saturated rings. The minimum atomic E-state index is 0.321. The summed E-state index contributed by atoms with van der Waals surface area (Å²) in [6, 6.07) is 8.06. The highest BCUT2D eigenvalue weighted by molar-refractivity contribution is 5.30. The van der Waals surface area contributed by atoms with Crippen LogP contribution < -0.4 is 0 Å². The van der Waals surface area contributed by atoms with E-state index in [0.29, 0.717) is 5.75 Å². The zero-order valence-corrected chi connectivity index (χ0v) is 6.83. The standard InChI is InChI=1S/C9H12NO/c1-10(2)7-8-5-3-4-6-9(8)11/h3,5-6,11H,7H2,1-2H3. The van der Waals surface area contributed by atoms with Crippen molar-refractivity contribution in [2.24, 2.45) is 0 Å². The third-order valence-electron chi connectivity index (χ3n) is 1.42. The Kier molecular flexibility index (Phi) is 2.49. The summed E-state index contributed by atoms with van der Waals surface area (Å²) in [6.07, 6.45) is 0. The van der Waals surface area contributed by atoms with Crippen LogP contribution in [0.2, 0.25) is 0 Å². The zero-order valence-electron chi connectivity index (χ0n) is 6.83. The normalized spacial score (nSPS) is 10.5. The van der Waals surface area contributed by atoms with Gasteiger partial charge >= 0.3 is 0 Å². The van der Waals surface area contributed by atoms with Crippen LogP contribution in [0.4, 0.5) is 0 Å². The monoisotopic (exact) mass is 150 g/mol. The predicted octanol–water partition coefficient (Wildman–Crippen LogP) is 1.25. The Hall–Kier alpha value is -1.02. The van der Waals surface area contributed by atoms with Crippen molar-refractivity contribution >= 4 is 0 Å². The summed E-state index contributed by atoms with van der Waals surface area (Å²) in [6.45, 7) is 0.764. The Morgan fingerprint density at radius 3 is 2.82 bits per heavy atom. The van der Waals surface area contributed by atoms with E-state index in [2.05, 4.69) is 6.07 Å². The molecule has 0 spiro atoms. The molecule has 0 aliphatic carbocycles. The third-order valence-corrected chi connectivity index (χ3v) is 1.42. The van der Waals surface area contributed by atoms with E-state index in [1.54, 1.807) is 12.1 Å². The summed E-state index contributed by atoms with van der Waals surface area (Å²) in [5.41, 5.74) is 0.939. The number of hydrogen-bond donors (Lipinski definition) is 1. The number of aromatic hydroxyl groups is 1.